The first-order chi connectivity index (χ1) is 11.5. The topological polar surface area (TPSA) is 62.6 Å². The molecule has 2 aliphatic heterocycles. The molecule has 7 nitrogen and oxygen atoms in total. The molecule has 2 aliphatic rings. The zero-order chi connectivity index (χ0) is 17.1. The number of nitrogens with zero attached hydrogens (tertiary/aromatic N) is 4. The molecule has 1 aromatic rings. The SMILES string of the molecule is Cc1nn(C)c(C)c1CNC1CC(=O)N(CCN2CCOCC2)C1. The number of rotatable bonds is 6. The molecule has 1 N–H and O–H groups in total. The lowest BCUT2D eigenvalue weighted by atomic mass is 10.1. The van der Waals surface area contributed by atoms with Crippen LogP contribution in [0.3, 0.4) is 0 Å². The maximum atomic E-state index is 12.2. The van der Waals surface area contributed by atoms with Gasteiger partial charge in [-0.2, -0.15) is 5.10 Å². The molecular formula is C17H29N5O2. The Morgan fingerprint density at radius 1 is 1.25 bits per heavy atom. The number of nitrogens with one attached hydrogen (secondary N) is 1. The zero-order valence-electron chi connectivity index (χ0n) is 15.0. The third kappa shape index (κ3) is 3.96. The van der Waals surface area contributed by atoms with Gasteiger partial charge in [0.25, 0.3) is 0 Å². The van der Waals surface area contributed by atoms with Crippen molar-refractivity contribution in [3.63, 3.8) is 0 Å². The minimum Gasteiger partial charge on any atom is -0.379 e. The van der Waals surface area contributed by atoms with Crippen molar-refractivity contribution in [3.05, 3.63) is 17.0 Å². The number of carbonyl (C=O) groups is 1. The first-order valence-electron chi connectivity index (χ1n) is 8.85. The van der Waals surface area contributed by atoms with Crippen molar-refractivity contribution in [2.75, 3.05) is 45.9 Å². The van der Waals surface area contributed by atoms with Crippen LogP contribution in [0.5, 0.6) is 0 Å². The van der Waals surface area contributed by atoms with Crippen LogP contribution in [-0.4, -0.2) is 77.5 Å². The second-order valence-electron chi connectivity index (χ2n) is 6.85. The highest BCUT2D eigenvalue weighted by Gasteiger charge is 2.29. The van der Waals surface area contributed by atoms with E-state index in [1.54, 1.807) is 0 Å². The van der Waals surface area contributed by atoms with Crippen molar-refractivity contribution < 1.29 is 9.53 Å². The second kappa shape index (κ2) is 7.63. The van der Waals surface area contributed by atoms with E-state index < -0.39 is 0 Å². The van der Waals surface area contributed by atoms with E-state index in [9.17, 15) is 4.79 Å². The molecule has 3 heterocycles. The Labute approximate surface area is 143 Å². The number of amides is 1. The van der Waals surface area contributed by atoms with Crippen molar-refractivity contribution in [2.24, 2.45) is 7.05 Å². The van der Waals surface area contributed by atoms with Crippen LogP contribution in [0.25, 0.3) is 0 Å². The Morgan fingerprint density at radius 2 is 2.00 bits per heavy atom. The van der Waals surface area contributed by atoms with Crippen molar-refractivity contribution in [1.29, 1.82) is 0 Å². The summed E-state index contributed by atoms with van der Waals surface area (Å²) in [4.78, 5) is 16.6. The highest BCUT2D eigenvalue weighted by atomic mass is 16.5. The number of morpholine rings is 1. The smallest absolute Gasteiger partial charge is 0.224 e. The minimum atomic E-state index is 0.237. The van der Waals surface area contributed by atoms with E-state index >= 15 is 0 Å². The summed E-state index contributed by atoms with van der Waals surface area (Å²) >= 11 is 0. The normalized spacial score (nSPS) is 22.5. The van der Waals surface area contributed by atoms with Crippen LogP contribution in [0.1, 0.15) is 23.4 Å². The van der Waals surface area contributed by atoms with Gasteiger partial charge in [-0.25, -0.2) is 0 Å². The van der Waals surface area contributed by atoms with Gasteiger partial charge in [-0.15, -0.1) is 0 Å². The van der Waals surface area contributed by atoms with E-state index in [0.717, 1.165) is 58.2 Å². The molecule has 1 atom stereocenters. The molecule has 7 heteroatoms. The van der Waals surface area contributed by atoms with Gasteiger partial charge in [0.1, 0.15) is 0 Å². The quantitative estimate of drug-likeness (QED) is 0.796. The molecule has 1 unspecified atom stereocenters. The predicted octanol–water partition coefficient (Wildman–Crippen LogP) is 0.0596. The molecule has 3 rings (SSSR count). The Morgan fingerprint density at radius 3 is 2.67 bits per heavy atom. The maximum absolute atomic E-state index is 12.2. The van der Waals surface area contributed by atoms with Gasteiger partial charge in [-0.3, -0.25) is 14.4 Å². The van der Waals surface area contributed by atoms with E-state index in [1.165, 1.54) is 11.3 Å². The molecule has 2 fully saturated rings. The molecule has 24 heavy (non-hydrogen) atoms. The monoisotopic (exact) mass is 335 g/mol. The molecule has 1 amide bonds. The minimum absolute atomic E-state index is 0.237. The third-order valence-electron chi connectivity index (χ3n) is 5.23. The van der Waals surface area contributed by atoms with Gasteiger partial charge >= 0.3 is 0 Å². The van der Waals surface area contributed by atoms with Crippen molar-refractivity contribution in [2.45, 2.75) is 32.9 Å². The molecule has 0 aromatic carbocycles. The molecule has 0 saturated carbocycles. The van der Waals surface area contributed by atoms with Crippen LogP contribution in [0.2, 0.25) is 0 Å². The number of ether oxygens (including phenoxy) is 1. The summed E-state index contributed by atoms with van der Waals surface area (Å²) in [6.07, 6.45) is 0.599. The third-order valence-corrected chi connectivity index (χ3v) is 5.23. The van der Waals surface area contributed by atoms with Gasteiger partial charge in [0.05, 0.1) is 18.9 Å². The summed E-state index contributed by atoms with van der Waals surface area (Å²) in [5.41, 5.74) is 3.50. The Bertz CT molecular complexity index is 580. The second-order valence-corrected chi connectivity index (χ2v) is 6.85. The van der Waals surface area contributed by atoms with Crippen LogP contribution in [0.15, 0.2) is 0 Å². The number of hydrogen-bond donors (Lipinski definition) is 1. The summed E-state index contributed by atoms with van der Waals surface area (Å²) in [5, 5.41) is 7.99. The van der Waals surface area contributed by atoms with Crippen molar-refractivity contribution >= 4 is 5.91 Å². The number of hydrogen-bond acceptors (Lipinski definition) is 5. The first kappa shape index (κ1) is 17.4. The lowest BCUT2D eigenvalue weighted by molar-refractivity contribution is -0.128. The Balaban J connectivity index is 1.46. The van der Waals surface area contributed by atoms with Crippen LogP contribution >= 0.6 is 0 Å². The summed E-state index contributed by atoms with van der Waals surface area (Å²) in [6, 6.07) is 0.237. The predicted molar refractivity (Wildman–Crippen MR) is 91.8 cm³/mol. The average molecular weight is 335 g/mol. The maximum Gasteiger partial charge on any atom is 0.224 e. The van der Waals surface area contributed by atoms with Gasteiger partial charge < -0.3 is 15.0 Å². The van der Waals surface area contributed by atoms with Gasteiger partial charge in [0, 0.05) is 70.0 Å². The largest absolute Gasteiger partial charge is 0.379 e. The number of carbonyl (C=O) groups excluding carboxylic acids is 1. The fourth-order valence-electron chi connectivity index (χ4n) is 3.53. The van der Waals surface area contributed by atoms with Crippen LogP contribution in [-0.2, 0) is 23.1 Å². The summed E-state index contributed by atoms with van der Waals surface area (Å²) in [7, 11) is 1.97. The van der Waals surface area contributed by atoms with Crippen molar-refractivity contribution in [1.82, 2.24) is 24.9 Å². The fourth-order valence-corrected chi connectivity index (χ4v) is 3.53. The first-order valence-corrected chi connectivity index (χ1v) is 8.85. The lowest BCUT2D eigenvalue weighted by Gasteiger charge is -2.28. The number of likely N-dealkylation sites (tertiary alicyclic amines) is 1. The highest BCUT2D eigenvalue weighted by Crippen LogP contribution is 2.15. The van der Waals surface area contributed by atoms with Gasteiger partial charge in [0.2, 0.25) is 5.91 Å². The van der Waals surface area contributed by atoms with E-state index in [4.69, 9.17) is 4.74 Å². The van der Waals surface area contributed by atoms with Crippen LogP contribution in [0.4, 0.5) is 0 Å². The molecule has 2 saturated heterocycles. The zero-order valence-corrected chi connectivity index (χ0v) is 15.0. The standard InChI is InChI=1S/C17H29N5O2/c1-13-16(14(2)20(3)19-13)11-18-15-10-17(23)22(12-15)5-4-21-6-8-24-9-7-21/h15,18H,4-12H2,1-3H3. The summed E-state index contributed by atoms with van der Waals surface area (Å²) in [6.45, 7) is 11.0. The molecule has 0 aliphatic carbocycles. The molecular weight excluding hydrogens is 306 g/mol. The van der Waals surface area contributed by atoms with E-state index in [0.29, 0.717) is 6.42 Å². The number of aryl methyl sites for hydroxylation is 2. The Kier molecular flexibility index (Phi) is 5.53. The lowest BCUT2D eigenvalue weighted by Crippen LogP contribution is -2.42. The van der Waals surface area contributed by atoms with E-state index in [-0.39, 0.29) is 11.9 Å². The number of aromatic nitrogens is 2. The molecule has 0 bridgehead atoms. The Hall–Kier alpha value is -1.44. The van der Waals surface area contributed by atoms with Gasteiger partial charge in [0.15, 0.2) is 0 Å². The van der Waals surface area contributed by atoms with Gasteiger partial charge in [-0.1, -0.05) is 0 Å². The molecule has 0 spiro atoms. The summed E-state index contributed by atoms with van der Waals surface area (Å²) in [5.74, 6) is 0.264. The van der Waals surface area contributed by atoms with E-state index in [2.05, 4.69) is 22.2 Å². The van der Waals surface area contributed by atoms with Crippen LogP contribution < -0.4 is 5.32 Å². The van der Waals surface area contributed by atoms with Crippen LogP contribution in [0, 0.1) is 13.8 Å². The fraction of sp³-hybridized carbons (Fsp3) is 0.765. The summed E-state index contributed by atoms with van der Waals surface area (Å²) < 4.78 is 7.28. The highest BCUT2D eigenvalue weighted by molar-refractivity contribution is 5.79. The molecule has 134 valence electrons. The average Bonchev–Trinajstić information content (AvgIpc) is 3.04. The van der Waals surface area contributed by atoms with E-state index in [1.807, 2.05) is 23.6 Å². The van der Waals surface area contributed by atoms with Crippen molar-refractivity contribution in [3.8, 4) is 0 Å². The molecule has 0 radical (unpaired) electrons. The molecule has 1 aromatic heterocycles. The van der Waals surface area contributed by atoms with Gasteiger partial charge in [-0.05, 0) is 13.8 Å².